The zero-order chi connectivity index (χ0) is 18.6. The van der Waals surface area contributed by atoms with Gasteiger partial charge in [-0.15, -0.1) is 22.7 Å². The Morgan fingerprint density at radius 2 is 1.92 bits per heavy atom. The Kier molecular flexibility index (Phi) is 5.82. The molecule has 1 aromatic carbocycles. The first-order chi connectivity index (χ1) is 12.5. The molecule has 0 aliphatic carbocycles. The lowest BCUT2D eigenvalue weighted by atomic mass is 10.2. The summed E-state index contributed by atoms with van der Waals surface area (Å²) < 4.78 is 26.9. The fraction of sp³-hybridized carbons (Fsp3) is 0.176. The number of carbonyl (C=O) groups is 1. The quantitative estimate of drug-likeness (QED) is 0.630. The van der Waals surface area contributed by atoms with Crippen LogP contribution in [0.5, 0.6) is 0 Å². The van der Waals surface area contributed by atoms with Gasteiger partial charge >= 0.3 is 0 Å². The predicted octanol–water partition coefficient (Wildman–Crippen LogP) is 2.85. The third-order valence-electron chi connectivity index (χ3n) is 3.50. The second-order valence-electron chi connectivity index (χ2n) is 5.50. The number of rotatable bonds is 7. The highest BCUT2D eigenvalue weighted by Crippen LogP contribution is 2.23. The Morgan fingerprint density at radius 1 is 1.15 bits per heavy atom. The highest BCUT2D eigenvalue weighted by molar-refractivity contribution is 7.91. The van der Waals surface area contributed by atoms with Crippen LogP contribution in [0.4, 0.5) is 0 Å². The average molecular weight is 408 g/mol. The first-order valence-electron chi connectivity index (χ1n) is 7.79. The number of hydrogen-bond acceptors (Lipinski definition) is 6. The van der Waals surface area contributed by atoms with Gasteiger partial charge in [0.1, 0.15) is 9.22 Å². The highest BCUT2D eigenvalue weighted by Gasteiger charge is 2.22. The minimum atomic E-state index is -3.68. The normalized spacial score (nSPS) is 12.7. The van der Waals surface area contributed by atoms with Crippen molar-refractivity contribution >= 4 is 38.6 Å². The van der Waals surface area contributed by atoms with Gasteiger partial charge < -0.3 is 5.32 Å². The maximum absolute atomic E-state index is 12.2. The third kappa shape index (κ3) is 4.55. The molecule has 0 fully saturated rings. The van der Waals surface area contributed by atoms with Gasteiger partial charge in [-0.2, -0.15) is 4.72 Å². The summed E-state index contributed by atoms with van der Waals surface area (Å²) in [6.07, 6.45) is 0. The van der Waals surface area contributed by atoms with E-state index in [1.54, 1.807) is 11.4 Å². The van der Waals surface area contributed by atoms with Gasteiger partial charge in [-0.05, 0) is 18.4 Å². The fourth-order valence-electron chi connectivity index (χ4n) is 2.19. The van der Waals surface area contributed by atoms with Crippen molar-refractivity contribution < 1.29 is 13.2 Å². The van der Waals surface area contributed by atoms with E-state index in [1.165, 1.54) is 24.3 Å². The number of nitrogens with one attached hydrogen (secondary N) is 2. The number of thiazole rings is 1. The molecule has 1 atom stereocenters. The Morgan fingerprint density at radius 3 is 2.62 bits per heavy atom. The molecule has 136 valence electrons. The predicted molar refractivity (Wildman–Crippen MR) is 103 cm³/mol. The Hall–Kier alpha value is -2.07. The third-order valence-corrected chi connectivity index (χ3v) is 7.38. The SMILES string of the molecule is CC(NS(=O)(=O)c1cccs1)C(=O)NCc1csc(-c2ccccc2)n1. The monoisotopic (exact) mass is 407 g/mol. The van der Waals surface area contributed by atoms with Gasteiger partial charge in [0.25, 0.3) is 10.0 Å². The molecule has 0 radical (unpaired) electrons. The summed E-state index contributed by atoms with van der Waals surface area (Å²) in [4.78, 5) is 16.7. The summed E-state index contributed by atoms with van der Waals surface area (Å²) in [6, 6.07) is 12.0. The van der Waals surface area contributed by atoms with E-state index in [0.29, 0.717) is 0 Å². The van der Waals surface area contributed by atoms with Gasteiger partial charge in [-0.3, -0.25) is 4.79 Å². The van der Waals surface area contributed by atoms with Gasteiger partial charge in [0.05, 0.1) is 18.3 Å². The van der Waals surface area contributed by atoms with E-state index in [2.05, 4.69) is 15.0 Å². The molecule has 6 nitrogen and oxygen atoms in total. The summed E-state index contributed by atoms with van der Waals surface area (Å²) in [5.41, 5.74) is 1.75. The Bertz CT molecular complexity index is 967. The molecule has 3 aromatic rings. The van der Waals surface area contributed by atoms with Gasteiger partial charge in [-0.1, -0.05) is 36.4 Å². The van der Waals surface area contributed by atoms with Crippen LogP contribution in [0.25, 0.3) is 10.6 Å². The van der Waals surface area contributed by atoms with Crippen molar-refractivity contribution in [3.63, 3.8) is 0 Å². The van der Waals surface area contributed by atoms with Crippen molar-refractivity contribution in [1.29, 1.82) is 0 Å². The van der Waals surface area contributed by atoms with Crippen LogP contribution in [0.3, 0.4) is 0 Å². The number of hydrogen-bond donors (Lipinski definition) is 2. The average Bonchev–Trinajstić information content (AvgIpc) is 3.32. The number of nitrogens with zero attached hydrogens (tertiary/aromatic N) is 1. The number of aromatic nitrogens is 1. The molecule has 0 bridgehead atoms. The maximum Gasteiger partial charge on any atom is 0.250 e. The van der Waals surface area contributed by atoms with E-state index in [4.69, 9.17) is 0 Å². The van der Waals surface area contributed by atoms with E-state index in [0.717, 1.165) is 27.6 Å². The molecule has 0 aliphatic heterocycles. The molecule has 2 heterocycles. The lowest BCUT2D eigenvalue weighted by molar-refractivity contribution is -0.122. The standard InChI is InChI=1S/C17H17N3O3S3/c1-12(20-26(22,23)15-8-5-9-24-15)16(21)18-10-14-11-25-17(19-14)13-6-3-2-4-7-13/h2-9,11-12,20H,10H2,1H3,(H,18,21). The summed E-state index contributed by atoms with van der Waals surface area (Å²) in [5, 5.41) is 7.14. The zero-order valence-electron chi connectivity index (χ0n) is 13.9. The molecule has 2 aromatic heterocycles. The summed E-state index contributed by atoms with van der Waals surface area (Å²) >= 11 is 2.60. The Balaban J connectivity index is 1.56. The van der Waals surface area contributed by atoms with Crippen molar-refractivity contribution in [2.75, 3.05) is 0 Å². The molecule has 1 unspecified atom stereocenters. The van der Waals surface area contributed by atoms with Crippen molar-refractivity contribution in [2.24, 2.45) is 0 Å². The van der Waals surface area contributed by atoms with Crippen LogP contribution in [-0.2, 0) is 21.4 Å². The molecule has 0 aliphatic rings. The van der Waals surface area contributed by atoms with E-state index in [1.807, 2.05) is 35.7 Å². The van der Waals surface area contributed by atoms with Crippen molar-refractivity contribution in [3.8, 4) is 10.6 Å². The number of amides is 1. The number of sulfonamides is 1. The molecular weight excluding hydrogens is 390 g/mol. The maximum atomic E-state index is 12.2. The molecule has 0 saturated carbocycles. The van der Waals surface area contributed by atoms with Crippen molar-refractivity contribution in [3.05, 3.63) is 58.9 Å². The summed E-state index contributed by atoms with van der Waals surface area (Å²) in [6.45, 7) is 1.75. The number of benzene rings is 1. The minimum Gasteiger partial charge on any atom is -0.349 e. The van der Waals surface area contributed by atoms with Crippen molar-refractivity contribution in [2.45, 2.75) is 23.7 Å². The molecule has 0 saturated heterocycles. The second kappa shape index (κ2) is 8.09. The van der Waals surface area contributed by atoms with Gasteiger partial charge in [0.2, 0.25) is 5.91 Å². The van der Waals surface area contributed by atoms with Crippen LogP contribution in [0.15, 0.2) is 57.4 Å². The van der Waals surface area contributed by atoms with Crippen LogP contribution in [0.2, 0.25) is 0 Å². The topological polar surface area (TPSA) is 88.2 Å². The molecule has 3 rings (SSSR count). The van der Waals surface area contributed by atoms with E-state index in [9.17, 15) is 13.2 Å². The zero-order valence-corrected chi connectivity index (χ0v) is 16.3. The van der Waals surface area contributed by atoms with Crippen LogP contribution in [0.1, 0.15) is 12.6 Å². The van der Waals surface area contributed by atoms with E-state index in [-0.39, 0.29) is 10.8 Å². The first-order valence-corrected chi connectivity index (χ1v) is 11.0. The lowest BCUT2D eigenvalue weighted by Crippen LogP contribution is -2.44. The molecule has 2 N–H and O–H groups in total. The summed E-state index contributed by atoms with van der Waals surface area (Å²) in [5.74, 6) is -0.403. The van der Waals surface area contributed by atoms with Crippen molar-refractivity contribution in [1.82, 2.24) is 15.0 Å². The van der Waals surface area contributed by atoms with Gasteiger partial charge in [0, 0.05) is 10.9 Å². The molecule has 1 amide bonds. The van der Waals surface area contributed by atoms with Crippen LogP contribution >= 0.6 is 22.7 Å². The second-order valence-corrected chi connectivity index (χ2v) is 9.25. The summed E-state index contributed by atoms with van der Waals surface area (Å²) in [7, 11) is -3.68. The highest BCUT2D eigenvalue weighted by atomic mass is 32.2. The fourth-order valence-corrected chi connectivity index (χ4v) is 5.23. The van der Waals surface area contributed by atoms with E-state index >= 15 is 0 Å². The van der Waals surface area contributed by atoms with E-state index < -0.39 is 22.0 Å². The molecule has 0 spiro atoms. The minimum absolute atomic E-state index is 0.184. The van der Waals surface area contributed by atoms with Gasteiger partial charge in [0.15, 0.2) is 0 Å². The molecule has 26 heavy (non-hydrogen) atoms. The van der Waals surface area contributed by atoms with Crippen LogP contribution < -0.4 is 10.0 Å². The first kappa shape index (κ1) is 18.7. The lowest BCUT2D eigenvalue weighted by Gasteiger charge is -2.13. The van der Waals surface area contributed by atoms with Crippen LogP contribution in [0, 0.1) is 0 Å². The largest absolute Gasteiger partial charge is 0.349 e. The molecular formula is C17H17N3O3S3. The number of carbonyl (C=O) groups excluding carboxylic acids is 1. The van der Waals surface area contributed by atoms with Gasteiger partial charge in [-0.25, -0.2) is 13.4 Å². The smallest absolute Gasteiger partial charge is 0.250 e. The van der Waals surface area contributed by atoms with Crippen LogP contribution in [-0.4, -0.2) is 25.4 Å². The Labute approximate surface area is 160 Å². The number of thiophene rings is 1. The molecule has 9 heteroatoms.